The number of benzene rings is 1. The first kappa shape index (κ1) is 15.5. The molecular formula is C19H19N5O. The maximum absolute atomic E-state index is 13.0. The molecule has 6 heteroatoms. The fraction of sp³-hybridized carbons (Fsp3) is 0.263. The van der Waals surface area contributed by atoms with Crippen LogP contribution >= 0.6 is 0 Å². The summed E-state index contributed by atoms with van der Waals surface area (Å²) in [6.07, 6.45) is 7.97. The Morgan fingerprint density at radius 2 is 1.96 bits per heavy atom. The second-order valence-electron chi connectivity index (χ2n) is 6.15. The quantitative estimate of drug-likeness (QED) is 0.739. The molecule has 1 unspecified atom stereocenters. The third kappa shape index (κ3) is 3.03. The van der Waals surface area contributed by atoms with Gasteiger partial charge in [-0.05, 0) is 43.5 Å². The molecule has 1 fully saturated rings. The summed E-state index contributed by atoms with van der Waals surface area (Å²) >= 11 is 0. The second kappa shape index (κ2) is 6.84. The smallest absolute Gasteiger partial charge is 0.256 e. The first-order valence-electron chi connectivity index (χ1n) is 8.51. The summed E-state index contributed by atoms with van der Waals surface area (Å²) in [6.45, 7) is 0.722. The van der Waals surface area contributed by atoms with E-state index in [2.05, 4.69) is 15.2 Å². The Balaban J connectivity index is 1.69. The minimum atomic E-state index is -0.0795. The topological polar surface area (TPSA) is 63.9 Å². The predicted molar refractivity (Wildman–Crippen MR) is 93.2 cm³/mol. The number of amides is 1. The van der Waals surface area contributed by atoms with E-state index in [0.717, 1.165) is 37.3 Å². The number of carbonyl (C=O) groups is 1. The number of pyridine rings is 1. The van der Waals surface area contributed by atoms with Gasteiger partial charge in [0.15, 0.2) is 5.82 Å². The first-order chi connectivity index (χ1) is 12.3. The highest BCUT2D eigenvalue weighted by Gasteiger charge is 2.32. The van der Waals surface area contributed by atoms with Gasteiger partial charge in [0.1, 0.15) is 6.33 Å². The van der Waals surface area contributed by atoms with Gasteiger partial charge in [0, 0.05) is 24.6 Å². The van der Waals surface area contributed by atoms with E-state index < -0.39 is 0 Å². The fourth-order valence-electron chi connectivity index (χ4n) is 3.36. The van der Waals surface area contributed by atoms with Crippen LogP contribution in [0.1, 0.15) is 41.5 Å². The highest BCUT2D eigenvalue weighted by atomic mass is 16.2. The molecule has 0 N–H and O–H groups in total. The second-order valence-corrected chi connectivity index (χ2v) is 6.15. The van der Waals surface area contributed by atoms with Crippen molar-refractivity contribution < 1.29 is 4.79 Å². The normalized spacial score (nSPS) is 17.4. The first-order valence-corrected chi connectivity index (χ1v) is 8.51. The number of aromatic nitrogens is 4. The molecule has 0 bridgehead atoms. The molecule has 0 saturated carbocycles. The molecule has 1 atom stereocenters. The number of piperidine rings is 1. The molecule has 3 heterocycles. The van der Waals surface area contributed by atoms with Crippen LogP contribution in [0.15, 0.2) is 61.2 Å². The van der Waals surface area contributed by atoms with Gasteiger partial charge in [0.2, 0.25) is 0 Å². The van der Waals surface area contributed by atoms with Gasteiger partial charge >= 0.3 is 0 Å². The van der Waals surface area contributed by atoms with Crippen LogP contribution in [-0.2, 0) is 0 Å². The molecule has 0 aliphatic carbocycles. The van der Waals surface area contributed by atoms with Crippen LogP contribution in [0.25, 0.3) is 5.69 Å². The highest BCUT2D eigenvalue weighted by Crippen LogP contribution is 2.32. The number of carbonyl (C=O) groups excluding carboxylic acids is 1. The van der Waals surface area contributed by atoms with Crippen LogP contribution in [0.3, 0.4) is 0 Å². The zero-order chi connectivity index (χ0) is 17.1. The van der Waals surface area contributed by atoms with E-state index in [0.29, 0.717) is 5.56 Å². The Bertz CT molecular complexity index is 847. The van der Waals surface area contributed by atoms with Gasteiger partial charge in [0.25, 0.3) is 5.91 Å². The van der Waals surface area contributed by atoms with Gasteiger partial charge in [0.05, 0.1) is 11.6 Å². The number of nitrogens with zero attached hydrogens (tertiary/aromatic N) is 5. The van der Waals surface area contributed by atoms with Crippen LogP contribution < -0.4 is 0 Å². The minimum Gasteiger partial charge on any atom is -0.328 e. The summed E-state index contributed by atoms with van der Waals surface area (Å²) in [4.78, 5) is 19.0. The maximum atomic E-state index is 13.0. The lowest BCUT2D eigenvalue weighted by Crippen LogP contribution is -2.39. The zero-order valence-corrected chi connectivity index (χ0v) is 13.8. The summed E-state index contributed by atoms with van der Waals surface area (Å²) in [6, 6.07) is 13.5. The molecule has 0 spiro atoms. The van der Waals surface area contributed by atoms with Gasteiger partial charge in [-0.2, -0.15) is 0 Å². The lowest BCUT2D eigenvalue weighted by atomic mass is 10.00. The number of para-hydroxylation sites is 1. The monoisotopic (exact) mass is 333 g/mol. The van der Waals surface area contributed by atoms with Crippen LogP contribution in [0, 0.1) is 0 Å². The zero-order valence-electron chi connectivity index (χ0n) is 13.8. The number of hydrogen-bond acceptors (Lipinski definition) is 4. The lowest BCUT2D eigenvalue weighted by molar-refractivity contribution is 0.0597. The van der Waals surface area contributed by atoms with Gasteiger partial charge < -0.3 is 4.90 Å². The number of rotatable bonds is 3. The SMILES string of the molecule is O=C(c1cccnc1)N1CCCCC1c1nncn1-c1ccccc1. The van der Waals surface area contributed by atoms with Crippen molar-refractivity contribution in [2.75, 3.05) is 6.54 Å². The van der Waals surface area contributed by atoms with Crippen molar-refractivity contribution in [1.29, 1.82) is 0 Å². The Labute approximate surface area is 146 Å². The van der Waals surface area contributed by atoms with Crippen molar-refractivity contribution in [1.82, 2.24) is 24.6 Å². The molecule has 1 amide bonds. The van der Waals surface area contributed by atoms with Crippen molar-refractivity contribution in [3.8, 4) is 5.69 Å². The summed E-state index contributed by atoms with van der Waals surface area (Å²) in [5, 5.41) is 8.45. The summed E-state index contributed by atoms with van der Waals surface area (Å²) < 4.78 is 1.97. The molecule has 126 valence electrons. The maximum Gasteiger partial charge on any atom is 0.256 e. The van der Waals surface area contributed by atoms with Gasteiger partial charge in [-0.25, -0.2) is 0 Å². The molecule has 2 aromatic heterocycles. The third-order valence-corrected chi connectivity index (χ3v) is 4.58. The third-order valence-electron chi connectivity index (χ3n) is 4.58. The number of hydrogen-bond donors (Lipinski definition) is 0. The molecule has 1 aliphatic rings. The molecular weight excluding hydrogens is 314 g/mol. The summed E-state index contributed by atoms with van der Waals surface area (Å²) in [5.41, 5.74) is 1.61. The Morgan fingerprint density at radius 3 is 2.76 bits per heavy atom. The van der Waals surface area contributed by atoms with Crippen LogP contribution in [0.5, 0.6) is 0 Å². The van der Waals surface area contributed by atoms with E-state index in [-0.39, 0.29) is 11.9 Å². The Morgan fingerprint density at radius 1 is 1.08 bits per heavy atom. The van der Waals surface area contributed by atoms with Gasteiger partial charge in [-0.15, -0.1) is 10.2 Å². The number of likely N-dealkylation sites (tertiary alicyclic amines) is 1. The molecule has 25 heavy (non-hydrogen) atoms. The molecule has 3 aromatic rings. The molecule has 1 aliphatic heterocycles. The lowest BCUT2D eigenvalue weighted by Gasteiger charge is -2.35. The molecule has 6 nitrogen and oxygen atoms in total. The molecule has 1 saturated heterocycles. The van der Waals surface area contributed by atoms with Crippen LogP contribution in [0.4, 0.5) is 0 Å². The Kier molecular flexibility index (Phi) is 4.24. The van der Waals surface area contributed by atoms with Gasteiger partial charge in [-0.1, -0.05) is 18.2 Å². The van der Waals surface area contributed by atoms with Crippen molar-refractivity contribution >= 4 is 5.91 Å². The minimum absolute atomic E-state index is 0.000381. The molecule has 1 aromatic carbocycles. The van der Waals surface area contributed by atoms with E-state index in [4.69, 9.17) is 0 Å². The van der Waals surface area contributed by atoms with E-state index >= 15 is 0 Å². The average Bonchev–Trinajstić information content (AvgIpc) is 3.18. The van der Waals surface area contributed by atoms with E-state index in [1.807, 2.05) is 45.9 Å². The Hall–Kier alpha value is -3.02. The fourth-order valence-corrected chi connectivity index (χ4v) is 3.36. The molecule has 0 radical (unpaired) electrons. The van der Waals surface area contributed by atoms with Crippen molar-refractivity contribution in [3.63, 3.8) is 0 Å². The summed E-state index contributed by atoms with van der Waals surface area (Å²) in [7, 11) is 0. The standard InChI is InChI=1S/C19H19N5O/c25-19(15-7-6-11-20-13-15)23-12-5-4-10-17(23)18-22-21-14-24(18)16-8-2-1-3-9-16/h1-3,6-9,11,13-14,17H,4-5,10,12H2. The molecule has 4 rings (SSSR count). The van der Waals surface area contributed by atoms with E-state index in [1.54, 1.807) is 24.8 Å². The van der Waals surface area contributed by atoms with E-state index in [9.17, 15) is 4.79 Å². The largest absolute Gasteiger partial charge is 0.328 e. The van der Waals surface area contributed by atoms with Crippen LogP contribution in [-0.4, -0.2) is 37.1 Å². The van der Waals surface area contributed by atoms with Crippen LogP contribution in [0.2, 0.25) is 0 Å². The van der Waals surface area contributed by atoms with Crippen molar-refractivity contribution in [3.05, 3.63) is 72.6 Å². The van der Waals surface area contributed by atoms with Crippen molar-refractivity contribution in [2.45, 2.75) is 25.3 Å². The average molecular weight is 333 g/mol. The van der Waals surface area contributed by atoms with Gasteiger partial charge in [-0.3, -0.25) is 14.3 Å². The van der Waals surface area contributed by atoms with E-state index in [1.165, 1.54) is 0 Å². The van der Waals surface area contributed by atoms with Crippen molar-refractivity contribution in [2.24, 2.45) is 0 Å². The predicted octanol–water partition coefficient (Wildman–Crippen LogP) is 3.03. The summed E-state index contributed by atoms with van der Waals surface area (Å²) in [5.74, 6) is 0.809. The highest BCUT2D eigenvalue weighted by molar-refractivity contribution is 5.94.